The Balaban J connectivity index is 0.000000191. The van der Waals surface area contributed by atoms with Crippen LogP contribution in [0.15, 0.2) is 0 Å². The molecule has 2 rings (SSSR count). The van der Waals surface area contributed by atoms with Gasteiger partial charge in [0.25, 0.3) is 0 Å². The molecule has 0 amide bonds. The summed E-state index contributed by atoms with van der Waals surface area (Å²) in [5.74, 6) is 0.374. The minimum absolute atomic E-state index is 0.00866. The van der Waals surface area contributed by atoms with E-state index in [1.165, 1.54) is 0 Å². The van der Waals surface area contributed by atoms with Gasteiger partial charge in [-0.25, -0.2) is 0 Å². The molecule has 0 aliphatic carbocycles. The van der Waals surface area contributed by atoms with Crippen LogP contribution in [0.3, 0.4) is 0 Å². The fraction of sp³-hybridized carbons (Fsp3) is 0.867. The predicted molar refractivity (Wildman–Crippen MR) is 72.5 cm³/mol. The van der Waals surface area contributed by atoms with Crippen molar-refractivity contribution in [3.8, 4) is 0 Å². The maximum atomic E-state index is 11.0. The van der Waals surface area contributed by atoms with Gasteiger partial charge in [-0.3, -0.25) is 9.59 Å². The van der Waals surface area contributed by atoms with E-state index in [1.54, 1.807) is 0 Å². The smallest absolute Gasteiger partial charge is 0.309 e. The summed E-state index contributed by atoms with van der Waals surface area (Å²) in [4.78, 5) is 21.7. The topological polar surface area (TPSA) is 52.6 Å². The third-order valence-corrected chi connectivity index (χ3v) is 3.66. The van der Waals surface area contributed by atoms with Crippen molar-refractivity contribution in [3.05, 3.63) is 0 Å². The standard InChI is InChI=1S/C8H14O2.C7H12O2/c1-3-4-7-5-6(2)10-8(7)9;1-3-6-4-5(2)9-7(6)8/h6-7H,3-5H2,1-2H3;5-6H,3-4H2,1-2H3/t6-,7+;5-,6+/m00/s1. The molecular weight excluding hydrogens is 244 g/mol. The summed E-state index contributed by atoms with van der Waals surface area (Å²) in [7, 11) is 0. The van der Waals surface area contributed by atoms with Crippen molar-refractivity contribution in [2.45, 2.75) is 72.0 Å². The van der Waals surface area contributed by atoms with Crippen LogP contribution < -0.4 is 0 Å². The van der Waals surface area contributed by atoms with Crippen LogP contribution in [-0.2, 0) is 19.1 Å². The highest BCUT2D eigenvalue weighted by Gasteiger charge is 2.30. The summed E-state index contributed by atoms with van der Waals surface area (Å²) in [5.41, 5.74) is 0. The molecule has 2 fully saturated rings. The Morgan fingerprint density at radius 3 is 1.68 bits per heavy atom. The van der Waals surface area contributed by atoms with Crippen molar-refractivity contribution in [2.75, 3.05) is 0 Å². The van der Waals surface area contributed by atoms with E-state index in [-0.39, 0.29) is 36.0 Å². The van der Waals surface area contributed by atoms with E-state index in [0.29, 0.717) is 0 Å². The van der Waals surface area contributed by atoms with E-state index in [1.807, 2.05) is 20.8 Å². The van der Waals surface area contributed by atoms with Crippen molar-refractivity contribution < 1.29 is 19.1 Å². The van der Waals surface area contributed by atoms with Gasteiger partial charge in [0, 0.05) is 0 Å². The first-order valence-corrected chi connectivity index (χ1v) is 7.38. The molecule has 0 saturated carbocycles. The summed E-state index contributed by atoms with van der Waals surface area (Å²) >= 11 is 0. The van der Waals surface area contributed by atoms with Gasteiger partial charge in [-0.2, -0.15) is 0 Å². The van der Waals surface area contributed by atoms with Gasteiger partial charge in [-0.15, -0.1) is 0 Å². The van der Waals surface area contributed by atoms with Crippen molar-refractivity contribution in [1.82, 2.24) is 0 Å². The van der Waals surface area contributed by atoms with Gasteiger partial charge in [-0.05, 0) is 39.5 Å². The molecule has 2 saturated heterocycles. The minimum atomic E-state index is -0.00926. The number of hydrogen-bond acceptors (Lipinski definition) is 4. The fourth-order valence-electron chi connectivity index (χ4n) is 2.60. The molecular formula is C15H26O4. The zero-order valence-corrected chi connectivity index (χ0v) is 12.5. The highest BCUT2D eigenvalue weighted by atomic mass is 16.6. The van der Waals surface area contributed by atoms with E-state index >= 15 is 0 Å². The Kier molecular flexibility index (Phi) is 6.32. The van der Waals surface area contributed by atoms with Crippen LogP contribution in [0.1, 0.15) is 59.8 Å². The maximum absolute atomic E-state index is 11.0. The summed E-state index contributed by atoms with van der Waals surface area (Å²) < 4.78 is 9.91. The molecule has 0 unspecified atom stereocenters. The first-order chi connectivity index (χ1) is 8.97. The lowest BCUT2D eigenvalue weighted by Gasteiger charge is -1.99. The van der Waals surface area contributed by atoms with Gasteiger partial charge in [0.2, 0.25) is 0 Å². The normalized spacial score (nSPS) is 33.5. The zero-order valence-electron chi connectivity index (χ0n) is 12.5. The lowest BCUT2D eigenvalue weighted by Crippen LogP contribution is -2.06. The van der Waals surface area contributed by atoms with E-state index in [9.17, 15) is 9.59 Å². The Morgan fingerprint density at radius 2 is 1.42 bits per heavy atom. The van der Waals surface area contributed by atoms with Crippen LogP contribution in [0.4, 0.5) is 0 Å². The number of esters is 2. The molecule has 2 aliphatic rings. The number of carbonyl (C=O) groups excluding carboxylic acids is 2. The minimum Gasteiger partial charge on any atom is -0.462 e. The number of hydrogen-bond donors (Lipinski definition) is 0. The van der Waals surface area contributed by atoms with Crippen molar-refractivity contribution in [2.24, 2.45) is 11.8 Å². The SMILES string of the molecule is CCC[C@@H]1C[C@H](C)OC1=O.CC[C@@H]1C[C@H](C)OC1=O. The molecule has 4 nitrogen and oxygen atoms in total. The molecule has 4 atom stereocenters. The zero-order chi connectivity index (χ0) is 14.4. The number of carbonyl (C=O) groups is 2. The molecule has 19 heavy (non-hydrogen) atoms. The van der Waals surface area contributed by atoms with E-state index in [0.717, 1.165) is 32.1 Å². The molecule has 0 aromatic carbocycles. The maximum Gasteiger partial charge on any atom is 0.309 e. The highest BCUT2D eigenvalue weighted by molar-refractivity contribution is 5.74. The van der Waals surface area contributed by atoms with Crippen molar-refractivity contribution in [3.63, 3.8) is 0 Å². The number of cyclic esters (lactones) is 2. The summed E-state index contributed by atoms with van der Waals surface area (Å²) in [6, 6.07) is 0. The highest BCUT2D eigenvalue weighted by Crippen LogP contribution is 2.24. The van der Waals surface area contributed by atoms with Gasteiger partial charge in [-0.1, -0.05) is 20.3 Å². The summed E-state index contributed by atoms with van der Waals surface area (Å²) in [6.07, 6.45) is 5.13. The van der Waals surface area contributed by atoms with Crippen LogP contribution in [-0.4, -0.2) is 24.1 Å². The Bertz CT molecular complexity index is 313. The number of rotatable bonds is 3. The molecule has 2 aliphatic heterocycles. The van der Waals surface area contributed by atoms with Crippen LogP contribution in [0.2, 0.25) is 0 Å². The first kappa shape index (κ1) is 16.0. The Hall–Kier alpha value is -1.06. The fourth-order valence-corrected chi connectivity index (χ4v) is 2.60. The molecule has 4 heteroatoms. The quantitative estimate of drug-likeness (QED) is 0.739. The average Bonchev–Trinajstić information content (AvgIpc) is 2.83. The van der Waals surface area contributed by atoms with Crippen molar-refractivity contribution >= 4 is 11.9 Å². The van der Waals surface area contributed by atoms with Crippen LogP contribution in [0.5, 0.6) is 0 Å². The van der Waals surface area contributed by atoms with Crippen LogP contribution in [0.25, 0.3) is 0 Å². The average molecular weight is 270 g/mol. The van der Waals surface area contributed by atoms with Gasteiger partial charge in [0.1, 0.15) is 0 Å². The first-order valence-electron chi connectivity index (χ1n) is 7.38. The van der Waals surface area contributed by atoms with Gasteiger partial charge in [0.15, 0.2) is 0 Å². The third-order valence-electron chi connectivity index (χ3n) is 3.66. The molecule has 110 valence electrons. The van der Waals surface area contributed by atoms with E-state index in [4.69, 9.17) is 9.47 Å². The lowest BCUT2D eigenvalue weighted by molar-refractivity contribution is -0.144. The summed E-state index contributed by atoms with van der Waals surface area (Å²) in [5, 5.41) is 0. The van der Waals surface area contributed by atoms with Crippen molar-refractivity contribution in [1.29, 1.82) is 0 Å². The lowest BCUT2D eigenvalue weighted by atomic mass is 10.0. The van der Waals surface area contributed by atoms with E-state index < -0.39 is 0 Å². The summed E-state index contributed by atoms with van der Waals surface area (Å²) in [6.45, 7) is 8.00. The largest absolute Gasteiger partial charge is 0.462 e. The molecule has 0 bridgehead atoms. The van der Waals surface area contributed by atoms with Gasteiger partial charge in [0.05, 0.1) is 24.0 Å². The second-order valence-electron chi connectivity index (χ2n) is 5.56. The number of ether oxygens (including phenoxy) is 2. The third kappa shape index (κ3) is 4.84. The predicted octanol–water partition coefficient (Wildman–Crippen LogP) is 3.09. The molecule has 0 spiro atoms. The Labute approximate surface area is 115 Å². The van der Waals surface area contributed by atoms with Gasteiger partial charge >= 0.3 is 11.9 Å². The molecule has 0 aromatic heterocycles. The molecule has 0 radical (unpaired) electrons. The molecule has 2 heterocycles. The second-order valence-corrected chi connectivity index (χ2v) is 5.56. The molecule has 0 N–H and O–H groups in total. The van der Waals surface area contributed by atoms with Crippen LogP contribution in [0, 0.1) is 11.8 Å². The van der Waals surface area contributed by atoms with E-state index in [2.05, 4.69) is 6.92 Å². The molecule has 0 aromatic rings. The second kappa shape index (κ2) is 7.51. The van der Waals surface area contributed by atoms with Gasteiger partial charge < -0.3 is 9.47 Å². The Morgan fingerprint density at radius 1 is 0.947 bits per heavy atom. The van der Waals surface area contributed by atoms with Crippen LogP contribution >= 0.6 is 0 Å². The monoisotopic (exact) mass is 270 g/mol.